The number of aliphatic carboxylic acids is 1. The van der Waals surface area contributed by atoms with Gasteiger partial charge in [0.15, 0.2) is 0 Å². The number of aliphatic hydroxyl groups is 1. The lowest BCUT2D eigenvalue weighted by molar-refractivity contribution is -0.141. The number of carbonyl (C=O) groups excluding carboxylic acids is 1. The number of benzene rings is 1. The molecule has 5 nitrogen and oxygen atoms in total. The predicted octanol–water partition coefficient (Wildman–Crippen LogP) is 1.34. The lowest BCUT2D eigenvalue weighted by Gasteiger charge is -2.19. The second-order valence-electron chi connectivity index (χ2n) is 5.20. The molecule has 1 aliphatic carbocycles. The molecule has 3 atom stereocenters. The summed E-state index contributed by atoms with van der Waals surface area (Å²) < 4.78 is 0. The van der Waals surface area contributed by atoms with Crippen LogP contribution in [0, 0.1) is 11.8 Å². The van der Waals surface area contributed by atoms with Gasteiger partial charge in [0, 0.05) is 5.92 Å². The second-order valence-corrected chi connectivity index (χ2v) is 5.20. The molecule has 108 valence electrons. The maximum absolute atomic E-state index is 12.1. The van der Waals surface area contributed by atoms with Crippen molar-refractivity contribution in [3.63, 3.8) is 0 Å². The molecule has 0 aromatic heterocycles. The minimum atomic E-state index is -0.831. The molecule has 1 saturated carbocycles. The van der Waals surface area contributed by atoms with E-state index >= 15 is 0 Å². The van der Waals surface area contributed by atoms with E-state index in [1.54, 1.807) is 0 Å². The largest absolute Gasteiger partial charge is 0.481 e. The van der Waals surface area contributed by atoms with Crippen molar-refractivity contribution < 1.29 is 19.8 Å². The minimum Gasteiger partial charge on any atom is -0.481 e. The van der Waals surface area contributed by atoms with Crippen molar-refractivity contribution >= 4 is 11.9 Å². The fourth-order valence-electron chi connectivity index (χ4n) is 2.65. The Morgan fingerprint density at radius 3 is 2.40 bits per heavy atom. The highest BCUT2D eigenvalue weighted by atomic mass is 16.4. The van der Waals surface area contributed by atoms with Crippen molar-refractivity contribution in [2.75, 3.05) is 6.61 Å². The Labute approximate surface area is 117 Å². The average Bonchev–Trinajstić information content (AvgIpc) is 2.95. The van der Waals surface area contributed by atoms with Crippen LogP contribution < -0.4 is 5.32 Å². The van der Waals surface area contributed by atoms with Crippen molar-refractivity contribution in [3.8, 4) is 0 Å². The summed E-state index contributed by atoms with van der Waals surface area (Å²) in [6.45, 7) is -0.176. The molecule has 0 aliphatic heterocycles. The smallest absolute Gasteiger partial charge is 0.306 e. The van der Waals surface area contributed by atoms with Gasteiger partial charge >= 0.3 is 5.97 Å². The summed E-state index contributed by atoms with van der Waals surface area (Å²) in [7, 11) is 0. The highest BCUT2D eigenvalue weighted by Gasteiger charge is 2.34. The number of carbonyl (C=O) groups is 2. The fraction of sp³-hybridized carbons (Fsp3) is 0.467. The SMILES string of the molecule is O=C(O)[C@H]1CC[C@@H](C(=O)N[C@@H](CO)c2ccccc2)C1. The molecular formula is C15H19NO4. The zero-order chi connectivity index (χ0) is 14.5. The molecule has 0 unspecified atom stereocenters. The van der Waals surface area contributed by atoms with Crippen molar-refractivity contribution in [1.82, 2.24) is 5.32 Å². The molecule has 20 heavy (non-hydrogen) atoms. The zero-order valence-corrected chi connectivity index (χ0v) is 11.2. The van der Waals surface area contributed by atoms with Crippen molar-refractivity contribution in [1.29, 1.82) is 0 Å². The number of nitrogens with one attached hydrogen (secondary N) is 1. The first kappa shape index (κ1) is 14.5. The van der Waals surface area contributed by atoms with Gasteiger partial charge in [-0.15, -0.1) is 0 Å². The molecular weight excluding hydrogens is 258 g/mol. The maximum Gasteiger partial charge on any atom is 0.306 e. The third-order valence-corrected chi connectivity index (χ3v) is 3.85. The first-order chi connectivity index (χ1) is 9.61. The third kappa shape index (κ3) is 3.36. The van der Waals surface area contributed by atoms with Gasteiger partial charge in [0.25, 0.3) is 0 Å². The van der Waals surface area contributed by atoms with E-state index in [2.05, 4.69) is 5.32 Å². The Kier molecular flexibility index (Phi) is 4.74. The monoisotopic (exact) mass is 277 g/mol. The van der Waals surface area contributed by atoms with Crippen LogP contribution in [0.1, 0.15) is 30.9 Å². The van der Waals surface area contributed by atoms with Gasteiger partial charge < -0.3 is 15.5 Å². The molecule has 0 bridgehead atoms. The van der Waals surface area contributed by atoms with Crippen LogP contribution in [0.2, 0.25) is 0 Å². The van der Waals surface area contributed by atoms with Crippen molar-refractivity contribution in [3.05, 3.63) is 35.9 Å². The lowest BCUT2D eigenvalue weighted by Crippen LogP contribution is -2.35. The molecule has 0 spiro atoms. The van der Waals surface area contributed by atoms with Crippen LogP contribution in [0.4, 0.5) is 0 Å². The average molecular weight is 277 g/mol. The number of amides is 1. The molecule has 1 aromatic carbocycles. The Bertz CT molecular complexity index is 474. The summed E-state index contributed by atoms with van der Waals surface area (Å²) in [5.74, 6) is -1.69. The number of carboxylic acids is 1. The minimum absolute atomic E-state index is 0.170. The number of aliphatic hydroxyl groups excluding tert-OH is 1. The second kappa shape index (κ2) is 6.52. The van der Waals surface area contributed by atoms with E-state index in [4.69, 9.17) is 5.11 Å². The van der Waals surface area contributed by atoms with Crippen molar-refractivity contribution in [2.45, 2.75) is 25.3 Å². The van der Waals surface area contributed by atoms with E-state index in [-0.39, 0.29) is 18.4 Å². The Balaban J connectivity index is 1.95. The number of carboxylic acid groups (broad SMARTS) is 1. The predicted molar refractivity (Wildman–Crippen MR) is 72.9 cm³/mol. The van der Waals surface area contributed by atoms with E-state index in [1.807, 2.05) is 30.3 Å². The fourth-order valence-corrected chi connectivity index (χ4v) is 2.65. The van der Waals surface area contributed by atoms with Gasteiger partial charge in [-0.1, -0.05) is 30.3 Å². The van der Waals surface area contributed by atoms with Gasteiger partial charge in [-0.25, -0.2) is 0 Å². The highest BCUT2D eigenvalue weighted by molar-refractivity contribution is 5.81. The number of rotatable bonds is 5. The van der Waals surface area contributed by atoms with E-state index in [9.17, 15) is 14.7 Å². The van der Waals surface area contributed by atoms with Crippen LogP contribution in [-0.4, -0.2) is 28.7 Å². The molecule has 0 saturated heterocycles. The Morgan fingerprint density at radius 2 is 1.85 bits per heavy atom. The van der Waals surface area contributed by atoms with Gasteiger partial charge in [0.05, 0.1) is 18.6 Å². The van der Waals surface area contributed by atoms with Gasteiger partial charge in [-0.3, -0.25) is 9.59 Å². The van der Waals surface area contributed by atoms with Crippen LogP contribution >= 0.6 is 0 Å². The molecule has 5 heteroatoms. The Morgan fingerprint density at radius 1 is 1.20 bits per heavy atom. The number of hydrogen-bond acceptors (Lipinski definition) is 3. The quantitative estimate of drug-likeness (QED) is 0.758. The normalized spacial score (nSPS) is 23.2. The molecule has 1 aliphatic rings. The van der Waals surface area contributed by atoms with Gasteiger partial charge in [0.2, 0.25) is 5.91 Å². The topological polar surface area (TPSA) is 86.6 Å². The molecule has 2 rings (SSSR count). The highest BCUT2D eigenvalue weighted by Crippen LogP contribution is 2.31. The maximum atomic E-state index is 12.1. The first-order valence-corrected chi connectivity index (χ1v) is 6.80. The van der Waals surface area contributed by atoms with Crippen LogP contribution in [0.15, 0.2) is 30.3 Å². The van der Waals surface area contributed by atoms with E-state index in [0.29, 0.717) is 19.3 Å². The van der Waals surface area contributed by atoms with Crippen LogP contribution in [-0.2, 0) is 9.59 Å². The van der Waals surface area contributed by atoms with Crippen molar-refractivity contribution in [2.24, 2.45) is 11.8 Å². The summed E-state index contributed by atoms with van der Waals surface area (Å²) in [6.07, 6.45) is 1.52. The Hall–Kier alpha value is -1.88. The van der Waals surface area contributed by atoms with Gasteiger partial charge in [0.1, 0.15) is 0 Å². The summed E-state index contributed by atoms with van der Waals surface area (Å²) in [6, 6.07) is 8.81. The van der Waals surface area contributed by atoms with Crippen LogP contribution in [0.25, 0.3) is 0 Å². The third-order valence-electron chi connectivity index (χ3n) is 3.85. The number of hydrogen-bond donors (Lipinski definition) is 3. The van der Waals surface area contributed by atoms with Gasteiger partial charge in [-0.05, 0) is 24.8 Å². The van der Waals surface area contributed by atoms with Gasteiger partial charge in [-0.2, -0.15) is 0 Å². The molecule has 1 fully saturated rings. The molecule has 1 aromatic rings. The van der Waals surface area contributed by atoms with E-state index < -0.39 is 17.9 Å². The summed E-state index contributed by atoms with van der Waals surface area (Å²) in [5.41, 5.74) is 0.844. The summed E-state index contributed by atoms with van der Waals surface area (Å²) in [5, 5.41) is 21.2. The summed E-state index contributed by atoms with van der Waals surface area (Å²) >= 11 is 0. The van der Waals surface area contributed by atoms with Crippen LogP contribution in [0.5, 0.6) is 0 Å². The molecule has 1 amide bonds. The van der Waals surface area contributed by atoms with Crippen LogP contribution in [0.3, 0.4) is 0 Å². The van der Waals surface area contributed by atoms with E-state index in [0.717, 1.165) is 5.56 Å². The standard InChI is InChI=1S/C15H19NO4/c17-9-13(10-4-2-1-3-5-10)16-14(18)11-6-7-12(8-11)15(19)20/h1-5,11-13,17H,6-9H2,(H,16,18)(H,19,20)/t11-,12+,13+/m1/s1. The zero-order valence-electron chi connectivity index (χ0n) is 11.2. The first-order valence-electron chi connectivity index (χ1n) is 6.80. The molecule has 0 heterocycles. The summed E-state index contributed by atoms with van der Waals surface area (Å²) in [4.78, 5) is 23.0. The van der Waals surface area contributed by atoms with E-state index in [1.165, 1.54) is 0 Å². The lowest BCUT2D eigenvalue weighted by atomic mass is 10.0. The molecule has 0 radical (unpaired) electrons. The molecule has 3 N–H and O–H groups in total.